The molecule has 1 saturated heterocycles. The summed E-state index contributed by atoms with van der Waals surface area (Å²) in [6, 6.07) is 6.20. The van der Waals surface area contributed by atoms with Crippen LogP contribution in [-0.4, -0.2) is 37.2 Å². The zero-order valence-corrected chi connectivity index (χ0v) is 10.2. The Morgan fingerprint density at radius 2 is 2.39 bits per heavy atom. The van der Waals surface area contributed by atoms with Crippen LogP contribution in [0.2, 0.25) is 0 Å². The van der Waals surface area contributed by atoms with Crippen molar-refractivity contribution in [2.24, 2.45) is 5.73 Å². The molecule has 2 aliphatic rings. The number of rotatable bonds is 3. The smallest absolute Gasteiger partial charge is 0.318 e. The van der Waals surface area contributed by atoms with E-state index in [1.807, 2.05) is 12.1 Å². The van der Waals surface area contributed by atoms with Crippen molar-refractivity contribution < 1.29 is 9.53 Å². The van der Waals surface area contributed by atoms with Gasteiger partial charge in [-0.2, -0.15) is 0 Å². The molecule has 0 aliphatic carbocycles. The van der Waals surface area contributed by atoms with Crippen molar-refractivity contribution in [3.63, 3.8) is 0 Å². The summed E-state index contributed by atoms with van der Waals surface area (Å²) in [5.74, 6) is 0.974. The molecule has 1 aromatic rings. The predicted octanol–water partition coefficient (Wildman–Crippen LogP) is 0.646. The summed E-state index contributed by atoms with van der Waals surface area (Å²) in [4.78, 5) is 13.5. The Balaban J connectivity index is 1.78. The van der Waals surface area contributed by atoms with Gasteiger partial charge in [-0.1, -0.05) is 6.07 Å². The fourth-order valence-corrected chi connectivity index (χ4v) is 2.55. The number of nitrogens with two attached hydrogens (primary N) is 1. The molecule has 3 N–H and O–H groups in total. The second-order valence-electron chi connectivity index (χ2n) is 4.70. The number of nitrogens with one attached hydrogen (secondary N) is 1. The molecule has 1 unspecified atom stereocenters. The molecule has 2 aliphatic heterocycles. The van der Waals surface area contributed by atoms with Gasteiger partial charge < -0.3 is 20.7 Å². The predicted molar refractivity (Wildman–Crippen MR) is 67.5 cm³/mol. The van der Waals surface area contributed by atoms with Gasteiger partial charge in [0.2, 0.25) is 0 Å². The monoisotopic (exact) mass is 247 g/mol. The zero-order chi connectivity index (χ0) is 12.5. The molecule has 1 aromatic carbocycles. The lowest BCUT2D eigenvalue weighted by atomic mass is 10.0. The summed E-state index contributed by atoms with van der Waals surface area (Å²) < 4.78 is 5.48. The molecule has 1 atom stereocenters. The lowest BCUT2D eigenvalue weighted by Gasteiger charge is -2.13. The highest BCUT2D eigenvalue weighted by Crippen LogP contribution is 2.29. The Morgan fingerprint density at radius 3 is 3.22 bits per heavy atom. The number of amides is 2. The topological polar surface area (TPSA) is 67.6 Å². The van der Waals surface area contributed by atoms with Crippen molar-refractivity contribution in [3.8, 4) is 5.75 Å². The molecule has 96 valence electrons. The quantitative estimate of drug-likeness (QED) is 0.824. The third-order valence-electron chi connectivity index (χ3n) is 3.50. The number of carbonyl (C=O) groups is 1. The first-order valence-corrected chi connectivity index (χ1v) is 6.29. The van der Waals surface area contributed by atoms with Crippen molar-refractivity contribution >= 4 is 6.03 Å². The highest BCUT2D eigenvalue weighted by atomic mass is 16.5. The fraction of sp³-hybridized carbons (Fsp3) is 0.462. The van der Waals surface area contributed by atoms with Crippen molar-refractivity contribution in [2.75, 3.05) is 26.2 Å². The fourth-order valence-electron chi connectivity index (χ4n) is 2.55. The van der Waals surface area contributed by atoms with E-state index in [1.54, 1.807) is 4.90 Å². The lowest BCUT2D eigenvalue weighted by Crippen LogP contribution is -2.32. The number of benzene rings is 1. The van der Waals surface area contributed by atoms with Crippen LogP contribution in [0.5, 0.6) is 5.75 Å². The Labute approximate surface area is 106 Å². The third-order valence-corrected chi connectivity index (χ3v) is 3.50. The molecule has 5 nitrogen and oxygen atoms in total. The van der Waals surface area contributed by atoms with Crippen LogP contribution in [0, 0.1) is 0 Å². The Morgan fingerprint density at radius 1 is 1.50 bits per heavy atom. The molecule has 0 bridgehead atoms. The summed E-state index contributed by atoms with van der Waals surface area (Å²) in [5.41, 5.74) is 7.87. The average molecular weight is 247 g/mol. The van der Waals surface area contributed by atoms with Gasteiger partial charge in [-0.15, -0.1) is 0 Å². The summed E-state index contributed by atoms with van der Waals surface area (Å²) in [6.45, 7) is 2.55. The SMILES string of the molecule is NCCN1CC(c2ccc3c(c2)CCO3)NC1=O. The molecular formula is C13H17N3O2. The number of urea groups is 1. The summed E-state index contributed by atoms with van der Waals surface area (Å²) in [7, 11) is 0. The molecule has 0 radical (unpaired) electrons. The Kier molecular flexibility index (Phi) is 2.83. The first kappa shape index (κ1) is 11.3. The molecule has 18 heavy (non-hydrogen) atoms. The van der Waals surface area contributed by atoms with Gasteiger partial charge in [0.1, 0.15) is 5.75 Å². The Hall–Kier alpha value is -1.75. The zero-order valence-electron chi connectivity index (χ0n) is 10.2. The first-order chi connectivity index (χ1) is 8.78. The standard InChI is InChI=1S/C13H17N3O2/c14-4-5-16-8-11(15-13(16)17)9-1-2-12-10(7-9)3-6-18-12/h1-2,7,11H,3-6,8,14H2,(H,15,17). The van der Waals surface area contributed by atoms with Gasteiger partial charge in [-0.05, 0) is 23.3 Å². The van der Waals surface area contributed by atoms with Gasteiger partial charge in [-0.3, -0.25) is 0 Å². The van der Waals surface area contributed by atoms with E-state index < -0.39 is 0 Å². The van der Waals surface area contributed by atoms with Crippen molar-refractivity contribution in [1.82, 2.24) is 10.2 Å². The van der Waals surface area contributed by atoms with Gasteiger partial charge in [0.05, 0.1) is 12.6 Å². The van der Waals surface area contributed by atoms with Crippen molar-refractivity contribution in [1.29, 1.82) is 0 Å². The van der Waals surface area contributed by atoms with E-state index in [4.69, 9.17) is 10.5 Å². The summed E-state index contributed by atoms with van der Waals surface area (Å²) in [5, 5.41) is 2.99. The molecule has 3 rings (SSSR count). The molecular weight excluding hydrogens is 230 g/mol. The molecule has 2 heterocycles. The number of hydrogen-bond donors (Lipinski definition) is 2. The maximum atomic E-state index is 11.7. The minimum atomic E-state index is -0.0257. The van der Waals surface area contributed by atoms with Crippen LogP contribution >= 0.6 is 0 Å². The largest absolute Gasteiger partial charge is 0.493 e. The van der Waals surface area contributed by atoms with Crippen LogP contribution in [0.1, 0.15) is 17.2 Å². The van der Waals surface area contributed by atoms with Gasteiger partial charge in [0, 0.05) is 26.1 Å². The molecule has 2 amide bonds. The van der Waals surface area contributed by atoms with Gasteiger partial charge in [-0.25, -0.2) is 4.79 Å². The second-order valence-corrected chi connectivity index (χ2v) is 4.70. The maximum absolute atomic E-state index is 11.7. The van der Waals surface area contributed by atoms with Crippen LogP contribution in [0.25, 0.3) is 0 Å². The lowest BCUT2D eigenvalue weighted by molar-refractivity contribution is 0.218. The van der Waals surface area contributed by atoms with Gasteiger partial charge >= 0.3 is 6.03 Å². The first-order valence-electron chi connectivity index (χ1n) is 6.29. The highest BCUT2D eigenvalue weighted by molar-refractivity contribution is 5.77. The molecule has 0 aromatic heterocycles. The van der Waals surface area contributed by atoms with Crippen LogP contribution in [-0.2, 0) is 6.42 Å². The van der Waals surface area contributed by atoms with E-state index >= 15 is 0 Å². The van der Waals surface area contributed by atoms with Crippen LogP contribution < -0.4 is 15.8 Å². The average Bonchev–Trinajstić information content (AvgIpc) is 2.96. The second kappa shape index (κ2) is 4.49. The highest BCUT2D eigenvalue weighted by Gasteiger charge is 2.29. The number of hydrogen-bond acceptors (Lipinski definition) is 3. The van der Waals surface area contributed by atoms with Crippen LogP contribution in [0.15, 0.2) is 18.2 Å². The number of ether oxygens (including phenoxy) is 1. The van der Waals surface area contributed by atoms with E-state index in [0.29, 0.717) is 19.6 Å². The van der Waals surface area contributed by atoms with Crippen molar-refractivity contribution in [2.45, 2.75) is 12.5 Å². The van der Waals surface area contributed by atoms with E-state index in [0.717, 1.165) is 24.3 Å². The summed E-state index contributed by atoms with van der Waals surface area (Å²) >= 11 is 0. The van der Waals surface area contributed by atoms with Gasteiger partial charge in [0.25, 0.3) is 0 Å². The number of fused-ring (bicyclic) bond motifs is 1. The van der Waals surface area contributed by atoms with E-state index in [1.165, 1.54) is 5.56 Å². The van der Waals surface area contributed by atoms with Gasteiger partial charge in [0.15, 0.2) is 0 Å². The molecule has 0 saturated carbocycles. The minimum Gasteiger partial charge on any atom is -0.493 e. The minimum absolute atomic E-state index is 0.0257. The number of carbonyl (C=O) groups excluding carboxylic acids is 1. The molecule has 5 heteroatoms. The molecule has 0 spiro atoms. The maximum Gasteiger partial charge on any atom is 0.318 e. The van der Waals surface area contributed by atoms with E-state index in [-0.39, 0.29) is 12.1 Å². The van der Waals surface area contributed by atoms with E-state index in [9.17, 15) is 4.79 Å². The third kappa shape index (κ3) is 1.90. The Bertz CT molecular complexity index is 475. The molecule has 1 fully saturated rings. The van der Waals surface area contributed by atoms with E-state index in [2.05, 4.69) is 11.4 Å². The van der Waals surface area contributed by atoms with Crippen molar-refractivity contribution in [3.05, 3.63) is 29.3 Å². The normalized spacial score (nSPS) is 21.7. The van der Waals surface area contributed by atoms with Crippen LogP contribution in [0.3, 0.4) is 0 Å². The number of nitrogens with zero attached hydrogens (tertiary/aromatic N) is 1. The summed E-state index contributed by atoms with van der Waals surface area (Å²) in [6.07, 6.45) is 0.955. The van der Waals surface area contributed by atoms with Crippen LogP contribution in [0.4, 0.5) is 4.79 Å².